The summed E-state index contributed by atoms with van der Waals surface area (Å²) in [5.74, 6) is 2.64. The number of hydrogen-bond acceptors (Lipinski definition) is 6. The van der Waals surface area contributed by atoms with Crippen LogP contribution in [-0.4, -0.2) is 54.1 Å². The average molecular weight is 642 g/mol. The van der Waals surface area contributed by atoms with Crippen LogP contribution >= 0.6 is 0 Å². The predicted octanol–water partition coefficient (Wildman–Crippen LogP) is 8.38. The Hall–Kier alpha value is -4.01. The van der Waals surface area contributed by atoms with Crippen LogP contribution in [0.5, 0.6) is 23.0 Å². The zero-order chi connectivity index (χ0) is 33.2. The minimum atomic E-state index is -2.10. The van der Waals surface area contributed by atoms with Crippen molar-refractivity contribution in [2.45, 2.75) is 64.4 Å². The first-order valence-corrected chi connectivity index (χ1v) is 18.7. The lowest BCUT2D eigenvalue weighted by molar-refractivity contribution is 0.0661. The standard InChI is InChI=1S/C38H47NO6Si/c1-38(2,3)46(8,9)45-24-31-26(17-18-33(41-4)36(31)44-7)21-32-30-23-35(43-6)34(42-5)22-27(30)19-20-39(32)37(40)29-16-12-14-25-13-10-11-15-28(25)29/h10-18,22-23,32H,19-21,24H2,1-9H3/t32-/m0/s1. The van der Waals surface area contributed by atoms with Gasteiger partial charge in [0.05, 0.1) is 41.1 Å². The zero-order valence-electron chi connectivity index (χ0n) is 28.7. The molecule has 0 radical (unpaired) electrons. The lowest BCUT2D eigenvalue weighted by Gasteiger charge is -2.39. The van der Waals surface area contributed by atoms with E-state index in [0.29, 0.717) is 54.6 Å². The molecule has 0 aliphatic carbocycles. The fourth-order valence-electron chi connectivity index (χ4n) is 6.12. The summed E-state index contributed by atoms with van der Waals surface area (Å²) in [6, 6.07) is 21.8. The number of amides is 1. The van der Waals surface area contributed by atoms with Gasteiger partial charge in [-0.25, -0.2) is 0 Å². The Bertz CT molecular complexity index is 1720. The minimum Gasteiger partial charge on any atom is -0.493 e. The van der Waals surface area contributed by atoms with Crippen molar-refractivity contribution < 1.29 is 28.2 Å². The van der Waals surface area contributed by atoms with Crippen LogP contribution in [-0.2, 0) is 23.9 Å². The Morgan fingerprint density at radius 1 is 0.848 bits per heavy atom. The molecule has 4 aromatic rings. The number of nitrogens with zero attached hydrogens (tertiary/aromatic N) is 1. The highest BCUT2D eigenvalue weighted by Crippen LogP contribution is 2.44. The van der Waals surface area contributed by atoms with Gasteiger partial charge in [0.2, 0.25) is 0 Å². The third kappa shape index (κ3) is 6.33. The van der Waals surface area contributed by atoms with Crippen LogP contribution in [0.15, 0.2) is 66.7 Å². The molecular formula is C38H47NO6Si. The van der Waals surface area contributed by atoms with Crippen LogP contribution in [0.4, 0.5) is 0 Å². The van der Waals surface area contributed by atoms with Crippen LogP contribution in [0.3, 0.4) is 0 Å². The quantitative estimate of drug-likeness (QED) is 0.162. The van der Waals surface area contributed by atoms with E-state index in [-0.39, 0.29) is 17.0 Å². The van der Waals surface area contributed by atoms with Crippen LogP contribution in [0.1, 0.15) is 59.4 Å². The normalized spacial score (nSPS) is 15.0. The van der Waals surface area contributed by atoms with Crippen molar-refractivity contribution >= 4 is 25.0 Å². The molecule has 0 bridgehead atoms. The molecule has 0 saturated carbocycles. The molecule has 7 nitrogen and oxygen atoms in total. The van der Waals surface area contributed by atoms with Gasteiger partial charge in [0.25, 0.3) is 5.91 Å². The monoisotopic (exact) mass is 641 g/mol. The van der Waals surface area contributed by atoms with Gasteiger partial charge in [-0.1, -0.05) is 63.2 Å². The Kier molecular flexibility index (Phi) is 9.70. The van der Waals surface area contributed by atoms with Crippen molar-refractivity contribution in [2.24, 2.45) is 0 Å². The topological polar surface area (TPSA) is 66.5 Å². The molecule has 1 aliphatic heterocycles. The molecule has 8 heteroatoms. The van der Waals surface area contributed by atoms with Crippen molar-refractivity contribution in [3.05, 3.63) is 94.5 Å². The fourth-order valence-corrected chi connectivity index (χ4v) is 7.05. The summed E-state index contributed by atoms with van der Waals surface area (Å²) in [5, 5.41) is 2.03. The molecule has 0 unspecified atom stereocenters. The Morgan fingerprint density at radius 3 is 2.20 bits per heavy atom. The maximum Gasteiger partial charge on any atom is 0.255 e. The largest absolute Gasteiger partial charge is 0.493 e. The molecule has 1 aliphatic rings. The highest BCUT2D eigenvalue weighted by molar-refractivity contribution is 6.74. The van der Waals surface area contributed by atoms with Crippen LogP contribution < -0.4 is 18.9 Å². The van der Waals surface area contributed by atoms with E-state index >= 15 is 0 Å². The molecule has 1 amide bonds. The highest BCUT2D eigenvalue weighted by atomic mass is 28.4. The summed E-state index contributed by atoms with van der Waals surface area (Å²) in [6.07, 6.45) is 1.26. The van der Waals surface area contributed by atoms with Gasteiger partial charge < -0.3 is 28.3 Å². The third-order valence-electron chi connectivity index (χ3n) is 9.83. The van der Waals surface area contributed by atoms with Crippen molar-refractivity contribution in [3.63, 3.8) is 0 Å². The van der Waals surface area contributed by atoms with Gasteiger partial charge in [-0.15, -0.1) is 0 Å². The highest BCUT2D eigenvalue weighted by Gasteiger charge is 2.38. The van der Waals surface area contributed by atoms with Crippen molar-refractivity contribution in [1.29, 1.82) is 0 Å². The van der Waals surface area contributed by atoms with E-state index in [1.807, 2.05) is 59.5 Å². The first kappa shape index (κ1) is 33.4. The first-order chi connectivity index (χ1) is 21.9. The number of carbonyl (C=O) groups is 1. The predicted molar refractivity (Wildman–Crippen MR) is 186 cm³/mol. The number of hydrogen-bond donors (Lipinski definition) is 0. The molecule has 0 N–H and O–H groups in total. The summed E-state index contributed by atoms with van der Waals surface area (Å²) in [5.41, 5.74) is 4.87. The van der Waals surface area contributed by atoms with Crippen molar-refractivity contribution in [2.75, 3.05) is 35.0 Å². The number of carbonyl (C=O) groups excluding carboxylic acids is 1. The van der Waals surface area contributed by atoms with E-state index in [1.165, 1.54) is 0 Å². The summed E-state index contributed by atoms with van der Waals surface area (Å²) >= 11 is 0. The van der Waals surface area contributed by atoms with Crippen LogP contribution in [0.25, 0.3) is 10.8 Å². The van der Waals surface area contributed by atoms with Gasteiger partial charge in [0, 0.05) is 17.7 Å². The van der Waals surface area contributed by atoms with E-state index in [2.05, 4.69) is 46.0 Å². The minimum absolute atomic E-state index is 0.00165. The molecule has 244 valence electrons. The van der Waals surface area contributed by atoms with Crippen LogP contribution in [0.2, 0.25) is 18.1 Å². The van der Waals surface area contributed by atoms with Crippen molar-refractivity contribution in [3.8, 4) is 23.0 Å². The van der Waals surface area contributed by atoms with Crippen molar-refractivity contribution in [1.82, 2.24) is 4.90 Å². The lowest BCUT2D eigenvalue weighted by Crippen LogP contribution is -2.41. The molecule has 0 spiro atoms. The molecule has 1 heterocycles. The molecule has 46 heavy (non-hydrogen) atoms. The molecule has 5 rings (SSSR count). The van der Waals surface area contributed by atoms with E-state index in [9.17, 15) is 4.79 Å². The van der Waals surface area contributed by atoms with E-state index in [4.69, 9.17) is 23.4 Å². The number of methoxy groups -OCH3 is 4. The molecule has 0 fully saturated rings. The zero-order valence-corrected chi connectivity index (χ0v) is 29.7. The van der Waals surface area contributed by atoms with E-state index in [0.717, 1.165) is 33.0 Å². The smallest absolute Gasteiger partial charge is 0.255 e. The van der Waals surface area contributed by atoms with Gasteiger partial charge in [-0.05, 0) is 82.7 Å². The van der Waals surface area contributed by atoms with Crippen LogP contribution in [0, 0.1) is 0 Å². The number of benzene rings is 4. The molecule has 0 aromatic heterocycles. The summed E-state index contributed by atoms with van der Waals surface area (Å²) < 4.78 is 29.9. The van der Waals surface area contributed by atoms with Gasteiger partial charge in [0.1, 0.15) is 0 Å². The van der Waals surface area contributed by atoms with Gasteiger partial charge >= 0.3 is 0 Å². The number of ether oxygens (including phenoxy) is 4. The molecule has 4 aromatic carbocycles. The number of rotatable bonds is 10. The van der Waals surface area contributed by atoms with E-state index < -0.39 is 8.32 Å². The lowest BCUT2D eigenvalue weighted by atomic mass is 9.86. The van der Waals surface area contributed by atoms with Gasteiger partial charge in [-0.2, -0.15) is 0 Å². The summed E-state index contributed by atoms with van der Waals surface area (Å²) in [7, 11) is 4.51. The molecule has 0 saturated heterocycles. The second-order valence-corrected chi connectivity index (χ2v) is 18.2. The maximum atomic E-state index is 14.6. The molecule has 1 atom stereocenters. The SMILES string of the molecule is COc1cc2c(cc1OC)[C@H](Cc1ccc(OC)c(OC)c1CO[Si](C)(C)C(C)(C)C)N(C(=O)c1cccc3ccccc13)CC2. The Morgan fingerprint density at radius 2 is 1.52 bits per heavy atom. The maximum absolute atomic E-state index is 14.6. The number of fused-ring (bicyclic) bond motifs is 2. The molecular weight excluding hydrogens is 595 g/mol. The van der Waals surface area contributed by atoms with Gasteiger partial charge in [-0.3, -0.25) is 4.79 Å². The Balaban J connectivity index is 1.64. The third-order valence-corrected chi connectivity index (χ3v) is 14.3. The summed E-state index contributed by atoms with van der Waals surface area (Å²) in [6.45, 7) is 12.2. The fraction of sp³-hybridized carbons (Fsp3) is 0.395. The average Bonchev–Trinajstić information content (AvgIpc) is 3.05. The Labute approximate surface area is 274 Å². The van der Waals surface area contributed by atoms with Gasteiger partial charge in [0.15, 0.2) is 31.3 Å². The second-order valence-electron chi connectivity index (χ2n) is 13.4. The summed E-state index contributed by atoms with van der Waals surface area (Å²) in [4.78, 5) is 16.6. The van der Waals surface area contributed by atoms with E-state index in [1.54, 1.807) is 28.4 Å². The second kappa shape index (κ2) is 13.4. The first-order valence-electron chi connectivity index (χ1n) is 15.8.